The Hall–Kier alpha value is -4.03. The Labute approximate surface area is 209 Å². The summed E-state index contributed by atoms with van der Waals surface area (Å²) in [6.07, 6.45) is 4.70. The van der Waals surface area contributed by atoms with Gasteiger partial charge >= 0.3 is 0 Å². The van der Waals surface area contributed by atoms with Crippen LogP contribution in [0.3, 0.4) is 0 Å². The molecule has 0 aliphatic carbocycles. The summed E-state index contributed by atoms with van der Waals surface area (Å²) in [7, 11) is 1.65. The lowest BCUT2D eigenvalue weighted by Gasteiger charge is -2.15. The van der Waals surface area contributed by atoms with Crippen molar-refractivity contribution in [3.05, 3.63) is 119 Å². The first-order chi connectivity index (χ1) is 17.2. The summed E-state index contributed by atoms with van der Waals surface area (Å²) in [5.74, 6) is 0.779. The zero-order valence-corrected chi connectivity index (χ0v) is 20.2. The second-order valence-electron chi connectivity index (χ2n) is 8.03. The number of para-hydroxylation sites is 1. The molecule has 3 aromatic carbocycles. The van der Waals surface area contributed by atoms with Crippen molar-refractivity contribution in [2.75, 3.05) is 13.7 Å². The smallest absolute Gasteiger partial charge is 0.266 e. The molecule has 5 rings (SSSR count). The molecule has 1 saturated heterocycles. The monoisotopic (exact) mass is 479 g/mol. The molecule has 1 amide bonds. The van der Waals surface area contributed by atoms with Gasteiger partial charge in [-0.2, -0.15) is 0 Å². The standard InChI is InChI=1S/C29H25N3O2S/c1-34-26-16-14-24(15-17-26)31-19-8-13-25(31)21-27-28(33)32(20-18-22-9-4-2-5-10-22)29(35-27)30-23-11-6-3-7-12-23/h2-17,19,21H,18,20H2,1H3/b27-21-,30-29?. The Balaban J connectivity index is 1.45. The van der Waals surface area contributed by atoms with Crippen molar-refractivity contribution >= 4 is 34.6 Å². The van der Waals surface area contributed by atoms with Gasteiger partial charge in [0.05, 0.1) is 17.7 Å². The highest BCUT2D eigenvalue weighted by Gasteiger charge is 2.33. The number of amidine groups is 1. The van der Waals surface area contributed by atoms with Gasteiger partial charge in [0.2, 0.25) is 0 Å². The zero-order valence-electron chi connectivity index (χ0n) is 19.4. The summed E-state index contributed by atoms with van der Waals surface area (Å²) in [4.78, 5) is 20.8. The van der Waals surface area contributed by atoms with Gasteiger partial charge in [0.25, 0.3) is 5.91 Å². The molecule has 1 fully saturated rings. The van der Waals surface area contributed by atoms with Gasteiger partial charge in [-0.1, -0.05) is 48.5 Å². The van der Waals surface area contributed by atoms with E-state index in [2.05, 4.69) is 16.7 Å². The molecule has 1 aromatic heterocycles. The predicted molar refractivity (Wildman–Crippen MR) is 143 cm³/mol. The van der Waals surface area contributed by atoms with Gasteiger partial charge < -0.3 is 9.30 Å². The largest absolute Gasteiger partial charge is 0.497 e. The van der Waals surface area contributed by atoms with Crippen LogP contribution in [0.15, 0.2) is 113 Å². The Morgan fingerprint density at radius 1 is 0.886 bits per heavy atom. The molecule has 4 aromatic rings. The summed E-state index contributed by atoms with van der Waals surface area (Å²) in [5.41, 5.74) is 3.94. The normalized spacial score (nSPS) is 15.8. The molecule has 0 bridgehead atoms. The molecule has 1 aliphatic heterocycles. The average Bonchev–Trinajstić information content (AvgIpc) is 3.48. The fraction of sp³-hybridized carbons (Fsp3) is 0.103. The highest BCUT2D eigenvalue weighted by Crippen LogP contribution is 2.34. The number of aromatic nitrogens is 1. The van der Waals surface area contributed by atoms with Crippen molar-refractivity contribution in [2.24, 2.45) is 4.99 Å². The van der Waals surface area contributed by atoms with E-state index in [1.165, 1.54) is 17.3 Å². The highest BCUT2D eigenvalue weighted by atomic mass is 32.2. The lowest BCUT2D eigenvalue weighted by molar-refractivity contribution is -0.122. The van der Waals surface area contributed by atoms with E-state index in [-0.39, 0.29) is 5.91 Å². The summed E-state index contributed by atoms with van der Waals surface area (Å²) < 4.78 is 7.33. The average molecular weight is 480 g/mol. The van der Waals surface area contributed by atoms with Crippen LogP contribution in [-0.2, 0) is 11.2 Å². The lowest BCUT2D eigenvalue weighted by Crippen LogP contribution is -2.31. The molecule has 174 valence electrons. The topological polar surface area (TPSA) is 46.8 Å². The summed E-state index contributed by atoms with van der Waals surface area (Å²) in [5, 5.41) is 0.700. The van der Waals surface area contributed by atoms with Gasteiger partial charge in [-0.05, 0) is 78.4 Å². The second kappa shape index (κ2) is 10.5. The van der Waals surface area contributed by atoms with E-state index in [9.17, 15) is 4.79 Å². The highest BCUT2D eigenvalue weighted by molar-refractivity contribution is 8.18. The predicted octanol–water partition coefficient (Wildman–Crippen LogP) is 6.33. The number of benzene rings is 3. The minimum Gasteiger partial charge on any atom is -0.497 e. The molecule has 5 nitrogen and oxygen atoms in total. The molecule has 2 heterocycles. The molecular weight excluding hydrogens is 454 g/mol. The minimum absolute atomic E-state index is 0.0249. The summed E-state index contributed by atoms with van der Waals surface area (Å²) in [6.45, 7) is 0.568. The van der Waals surface area contributed by atoms with E-state index in [0.29, 0.717) is 16.6 Å². The maximum Gasteiger partial charge on any atom is 0.266 e. The number of carbonyl (C=O) groups excluding carboxylic acids is 1. The quantitative estimate of drug-likeness (QED) is 0.291. The molecule has 35 heavy (non-hydrogen) atoms. The van der Waals surface area contributed by atoms with Crippen LogP contribution < -0.4 is 4.74 Å². The van der Waals surface area contributed by atoms with Crippen LogP contribution in [0.5, 0.6) is 5.75 Å². The van der Waals surface area contributed by atoms with Gasteiger partial charge in [-0.25, -0.2) is 4.99 Å². The first-order valence-electron chi connectivity index (χ1n) is 11.4. The minimum atomic E-state index is -0.0249. The van der Waals surface area contributed by atoms with Crippen LogP contribution in [0, 0.1) is 0 Å². The number of ether oxygens (including phenoxy) is 1. The van der Waals surface area contributed by atoms with Crippen LogP contribution in [0.1, 0.15) is 11.3 Å². The molecule has 0 unspecified atom stereocenters. The van der Waals surface area contributed by atoms with Gasteiger partial charge in [0, 0.05) is 24.1 Å². The number of thioether (sulfide) groups is 1. The van der Waals surface area contributed by atoms with Crippen LogP contribution in [0.4, 0.5) is 5.69 Å². The van der Waals surface area contributed by atoms with Crippen LogP contribution in [-0.4, -0.2) is 34.2 Å². The molecule has 0 saturated carbocycles. The SMILES string of the molecule is COc1ccc(-n2cccc2/C=C2\SC(=Nc3ccccc3)N(CCc3ccccc3)C2=O)cc1. The third kappa shape index (κ3) is 5.23. The fourth-order valence-corrected chi connectivity index (χ4v) is 4.92. The second-order valence-corrected chi connectivity index (χ2v) is 9.04. The van der Waals surface area contributed by atoms with Crippen LogP contribution in [0.2, 0.25) is 0 Å². The molecule has 0 spiro atoms. The number of nitrogens with zero attached hydrogens (tertiary/aromatic N) is 3. The van der Waals surface area contributed by atoms with Crippen molar-refractivity contribution in [3.63, 3.8) is 0 Å². The maximum atomic E-state index is 13.5. The maximum absolute atomic E-state index is 13.5. The van der Waals surface area contributed by atoms with Gasteiger partial charge in [0.15, 0.2) is 5.17 Å². The van der Waals surface area contributed by atoms with Crippen LogP contribution in [0.25, 0.3) is 11.8 Å². The molecule has 0 atom stereocenters. The van der Waals surface area contributed by atoms with Gasteiger partial charge in [-0.3, -0.25) is 9.69 Å². The van der Waals surface area contributed by atoms with E-state index in [0.717, 1.165) is 29.2 Å². The van der Waals surface area contributed by atoms with Gasteiger partial charge in [0.1, 0.15) is 5.75 Å². The number of hydrogen-bond acceptors (Lipinski definition) is 4. The third-order valence-electron chi connectivity index (χ3n) is 5.75. The molecule has 0 radical (unpaired) electrons. The van der Waals surface area contributed by atoms with Crippen molar-refractivity contribution < 1.29 is 9.53 Å². The summed E-state index contributed by atoms with van der Waals surface area (Å²) in [6, 6.07) is 31.8. The first-order valence-corrected chi connectivity index (χ1v) is 12.2. The number of methoxy groups -OCH3 is 1. The Morgan fingerprint density at radius 3 is 2.31 bits per heavy atom. The Morgan fingerprint density at radius 2 is 1.60 bits per heavy atom. The number of amides is 1. The molecule has 0 N–H and O–H groups in total. The first kappa shape index (κ1) is 22.7. The Bertz CT molecular complexity index is 1360. The van der Waals surface area contributed by atoms with E-state index >= 15 is 0 Å². The van der Waals surface area contributed by atoms with Crippen molar-refractivity contribution in [1.82, 2.24) is 9.47 Å². The van der Waals surface area contributed by atoms with Gasteiger partial charge in [-0.15, -0.1) is 0 Å². The van der Waals surface area contributed by atoms with E-state index in [1.807, 2.05) is 97.2 Å². The fourth-order valence-electron chi connectivity index (χ4n) is 3.91. The molecular formula is C29H25N3O2S. The van der Waals surface area contributed by atoms with E-state index in [1.54, 1.807) is 12.0 Å². The Kier molecular flexibility index (Phi) is 6.82. The molecule has 6 heteroatoms. The van der Waals surface area contributed by atoms with Crippen LogP contribution >= 0.6 is 11.8 Å². The van der Waals surface area contributed by atoms with Crippen molar-refractivity contribution in [1.29, 1.82) is 0 Å². The van der Waals surface area contributed by atoms with E-state index < -0.39 is 0 Å². The number of aliphatic imine (C=N–C) groups is 1. The van der Waals surface area contributed by atoms with E-state index in [4.69, 9.17) is 9.73 Å². The number of rotatable bonds is 7. The third-order valence-corrected chi connectivity index (χ3v) is 6.75. The van der Waals surface area contributed by atoms with Crippen molar-refractivity contribution in [2.45, 2.75) is 6.42 Å². The number of carbonyl (C=O) groups is 1. The van der Waals surface area contributed by atoms with Crippen molar-refractivity contribution in [3.8, 4) is 11.4 Å². The number of hydrogen-bond donors (Lipinski definition) is 0. The zero-order chi connectivity index (χ0) is 24.0. The lowest BCUT2D eigenvalue weighted by atomic mass is 10.1. The molecule has 1 aliphatic rings. The summed E-state index contributed by atoms with van der Waals surface area (Å²) >= 11 is 1.42.